The van der Waals surface area contributed by atoms with Crippen molar-refractivity contribution in [1.82, 2.24) is 25.2 Å². The van der Waals surface area contributed by atoms with Gasteiger partial charge < -0.3 is 14.6 Å². The van der Waals surface area contributed by atoms with E-state index in [9.17, 15) is 4.79 Å². The van der Waals surface area contributed by atoms with E-state index >= 15 is 0 Å². The molecule has 0 saturated carbocycles. The summed E-state index contributed by atoms with van der Waals surface area (Å²) in [6, 6.07) is 14.4. The SMILES string of the molecule is Cc1cc(C)c2[nH]c(=O)c(C(c3nnnn3CC3CCCO3)N3c4ccccc4CC3C)cc2c1. The van der Waals surface area contributed by atoms with Crippen LogP contribution in [0.4, 0.5) is 5.69 Å². The summed E-state index contributed by atoms with van der Waals surface area (Å²) < 4.78 is 7.71. The smallest absolute Gasteiger partial charge is 0.254 e. The minimum Gasteiger partial charge on any atom is -0.376 e. The molecule has 1 N–H and O–H groups in total. The van der Waals surface area contributed by atoms with Crippen molar-refractivity contribution in [3.8, 4) is 0 Å². The minimum atomic E-state index is -0.431. The maximum atomic E-state index is 13.7. The third kappa shape index (κ3) is 3.82. The van der Waals surface area contributed by atoms with Crippen LogP contribution in [-0.2, 0) is 17.7 Å². The highest BCUT2D eigenvalue weighted by Crippen LogP contribution is 2.40. The molecule has 4 heterocycles. The van der Waals surface area contributed by atoms with Crippen LogP contribution in [0.5, 0.6) is 0 Å². The van der Waals surface area contributed by atoms with E-state index in [1.165, 1.54) is 5.56 Å². The van der Waals surface area contributed by atoms with Crippen molar-refractivity contribution >= 4 is 16.6 Å². The van der Waals surface area contributed by atoms with E-state index in [2.05, 4.69) is 69.6 Å². The molecule has 0 radical (unpaired) electrons. The lowest BCUT2D eigenvalue weighted by atomic mass is 10.00. The molecule has 8 nitrogen and oxygen atoms in total. The lowest BCUT2D eigenvalue weighted by Crippen LogP contribution is -2.39. The summed E-state index contributed by atoms with van der Waals surface area (Å²) in [6.45, 7) is 7.65. The highest BCUT2D eigenvalue weighted by Gasteiger charge is 2.38. The number of fused-ring (bicyclic) bond motifs is 2. The van der Waals surface area contributed by atoms with Gasteiger partial charge in [0.2, 0.25) is 0 Å². The Balaban J connectivity index is 1.55. The molecule has 180 valence electrons. The van der Waals surface area contributed by atoms with Gasteiger partial charge in [0, 0.05) is 23.9 Å². The molecule has 2 aromatic carbocycles. The van der Waals surface area contributed by atoms with Crippen LogP contribution >= 0.6 is 0 Å². The number of H-pyrrole nitrogens is 1. The van der Waals surface area contributed by atoms with Crippen molar-refractivity contribution in [3.05, 3.63) is 80.9 Å². The number of nitrogens with zero attached hydrogens (tertiary/aromatic N) is 5. The average molecular weight is 471 g/mol. The van der Waals surface area contributed by atoms with Crippen LogP contribution in [0.3, 0.4) is 0 Å². The van der Waals surface area contributed by atoms with Gasteiger partial charge in [0.1, 0.15) is 6.04 Å². The Morgan fingerprint density at radius 3 is 2.89 bits per heavy atom. The topological polar surface area (TPSA) is 88.9 Å². The molecule has 0 spiro atoms. The fourth-order valence-electron chi connectivity index (χ4n) is 5.82. The van der Waals surface area contributed by atoms with Gasteiger partial charge in [0.25, 0.3) is 5.56 Å². The maximum absolute atomic E-state index is 13.7. The normalized spacial score (nSPS) is 20.5. The van der Waals surface area contributed by atoms with Gasteiger partial charge in [0.15, 0.2) is 5.82 Å². The standard InChI is InChI=1S/C27H30N6O2/c1-16-11-17(2)24-20(12-16)14-22(27(34)28-24)25(33-18(3)13-19-7-4-5-9-23(19)33)26-29-30-31-32(26)15-21-8-6-10-35-21/h4-5,7,9,11-12,14,18,21,25H,6,8,10,13,15H2,1-3H3,(H,28,34). The zero-order valence-electron chi connectivity index (χ0n) is 20.4. The largest absolute Gasteiger partial charge is 0.376 e. The fourth-order valence-corrected chi connectivity index (χ4v) is 5.82. The first kappa shape index (κ1) is 22.0. The number of aromatic amines is 1. The van der Waals surface area contributed by atoms with Crippen molar-refractivity contribution < 1.29 is 4.74 Å². The molecule has 0 amide bonds. The molecule has 4 aromatic rings. The van der Waals surface area contributed by atoms with Crippen LogP contribution in [0.15, 0.2) is 47.3 Å². The van der Waals surface area contributed by atoms with Gasteiger partial charge in [-0.3, -0.25) is 4.79 Å². The van der Waals surface area contributed by atoms with Crippen LogP contribution in [0.25, 0.3) is 10.9 Å². The lowest BCUT2D eigenvalue weighted by molar-refractivity contribution is 0.0924. The third-order valence-corrected chi connectivity index (χ3v) is 7.36. The lowest BCUT2D eigenvalue weighted by Gasteiger charge is -2.33. The Morgan fingerprint density at radius 2 is 2.06 bits per heavy atom. The number of nitrogens with one attached hydrogen (secondary N) is 1. The van der Waals surface area contributed by atoms with Gasteiger partial charge in [-0.2, -0.15) is 0 Å². The molecule has 2 aliphatic rings. The summed E-state index contributed by atoms with van der Waals surface area (Å²) in [6.07, 6.45) is 3.03. The summed E-state index contributed by atoms with van der Waals surface area (Å²) in [5.41, 5.74) is 6.02. The number of para-hydroxylation sites is 1. The van der Waals surface area contributed by atoms with Crippen molar-refractivity contribution in [2.24, 2.45) is 0 Å². The molecule has 35 heavy (non-hydrogen) atoms. The predicted octanol–water partition coefficient (Wildman–Crippen LogP) is 3.85. The Morgan fingerprint density at radius 1 is 1.20 bits per heavy atom. The minimum absolute atomic E-state index is 0.0846. The zero-order valence-corrected chi connectivity index (χ0v) is 20.4. The van der Waals surface area contributed by atoms with E-state index in [-0.39, 0.29) is 17.7 Å². The fraction of sp³-hybridized carbons (Fsp3) is 0.407. The molecular weight excluding hydrogens is 440 g/mol. The number of benzene rings is 2. The van der Waals surface area contributed by atoms with Gasteiger partial charge in [-0.1, -0.05) is 29.8 Å². The highest BCUT2D eigenvalue weighted by atomic mass is 16.5. The molecule has 2 aliphatic heterocycles. The van der Waals surface area contributed by atoms with E-state index in [1.807, 2.05) is 23.7 Å². The summed E-state index contributed by atoms with van der Waals surface area (Å²) in [4.78, 5) is 19.1. The zero-order chi connectivity index (χ0) is 24.1. The van der Waals surface area contributed by atoms with Gasteiger partial charge in [0.05, 0.1) is 18.2 Å². The van der Waals surface area contributed by atoms with Gasteiger partial charge in [-0.25, -0.2) is 4.68 Å². The molecule has 0 bridgehead atoms. The third-order valence-electron chi connectivity index (χ3n) is 7.36. The number of tetrazole rings is 1. The monoisotopic (exact) mass is 470 g/mol. The Labute approximate surface area is 203 Å². The molecule has 1 saturated heterocycles. The summed E-state index contributed by atoms with van der Waals surface area (Å²) in [5.74, 6) is 0.665. The van der Waals surface area contributed by atoms with E-state index in [0.29, 0.717) is 17.9 Å². The van der Waals surface area contributed by atoms with Crippen LogP contribution in [0.1, 0.15) is 53.9 Å². The first-order valence-electron chi connectivity index (χ1n) is 12.4. The number of hydrogen-bond acceptors (Lipinski definition) is 6. The van der Waals surface area contributed by atoms with E-state index in [4.69, 9.17) is 4.74 Å². The number of ether oxygens (including phenoxy) is 1. The Hall–Kier alpha value is -3.52. The quantitative estimate of drug-likeness (QED) is 0.477. The van der Waals surface area contributed by atoms with E-state index < -0.39 is 6.04 Å². The number of rotatable bonds is 5. The van der Waals surface area contributed by atoms with Crippen molar-refractivity contribution in [2.45, 2.75) is 64.8 Å². The van der Waals surface area contributed by atoms with Gasteiger partial charge >= 0.3 is 0 Å². The second kappa shape index (κ2) is 8.61. The summed E-state index contributed by atoms with van der Waals surface area (Å²) in [7, 11) is 0. The molecule has 1 fully saturated rings. The number of anilines is 1. The summed E-state index contributed by atoms with van der Waals surface area (Å²) >= 11 is 0. The highest BCUT2D eigenvalue weighted by molar-refractivity contribution is 5.83. The van der Waals surface area contributed by atoms with Crippen LogP contribution in [0.2, 0.25) is 0 Å². The average Bonchev–Trinajstić information content (AvgIpc) is 3.57. The van der Waals surface area contributed by atoms with Crippen LogP contribution in [0, 0.1) is 13.8 Å². The molecule has 8 heteroatoms. The number of hydrogen-bond donors (Lipinski definition) is 1. The number of aryl methyl sites for hydroxylation is 2. The second-order valence-electron chi connectivity index (χ2n) is 9.95. The van der Waals surface area contributed by atoms with Gasteiger partial charge in [-0.05, 0) is 85.2 Å². The number of pyridine rings is 1. The molecule has 3 atom stereocenters. The van der Waals surface area contributed by atoms with E-state index in [0.717, 1.165) is 53.6 Å². The number of aromatic nitrogens is 5. The molecule has 3 unspecified atom stereocenters. The predicted molar refractivity (Wildman–Crippen MR) is 135 cm³/mol. The maximum Gasteiger partial charge on any atom is 0.254 e. The van der Waals surface area contributed by atoms with Crippen molar-refractivity contribution in [1.29, 1.82) is 0 Å². The molecule has 0 aliphatic carbocycles. The summed E-state index contributed by atoms with van der Waals surface area (Å²) in [5, 5.41) is 13.9. The van der Waals surface area contributed by atoms with Gasteiger partial charge in [-0.15, -0.1) is 5.10 Å². The first-order chi connectivity index (χ1) is 17.0. The molecular formula is C27H30N6O2. The van der Waals surface area contributed by atoms with E-state index in [1.54, 1.807) is 0 Å². The van der Waals surface area contributed by atoms with Crippen LogP contribution < -0.4 is 10.5 Å². The Kier molecular flexibility index (Phi) is 5.40. The molecule has 6 rings (SSSR count). The van der Waals surface area contributed by atoms with Crippen molar-refractivity contribution in [3.63, 3.8) is 0 Å². The molecule has 2 aromatic heterocycles. The Bertz CT molecular complexity index is 1450. The first-order valence-corrected chi connectivity index (χ1v) is 12.4. The second-order valence-corrected chi connectivity index (χ2v) is 9.95. The van der Waals surface area contributed by atoms with Crippen molar-refractivity contribution in [2.75, 3.05) is 11.5 Å². The van der Waals surface area contributed by atoms with Crippen LogP contribution in [-0.4, -0.2) is 43.9 Å².